The van der Waals surface area contributed by atoms with Gasteiger partial charge in [-0.25, -0.2) is 0 Å². The molecule has 0 saturated carbocycles. The van der Waals surface area contributed by atoms with E-state index in [4.69, 9.17) is 22.2 Å². The number of hydrogen-bond acceptors (Lipinski definition) is 6. The molecule has 1 aromatic carbocycles. The van der Waals surface area contributed by atoms with Crippen molar-refractivity contribution in [1.82, 2.24) is 4.98 Å². The second-order valence-electron chi connectivity index (χ2n) is 3.84. The molecule has 0 atom stereocenters. The lowest BCUT2D eigenvalue weighted by Crippen LogP contribution is -2.08. The van der Waals surface area contributed by atoms with Gasteiger partial charge >= 0.3 is 5.69 Å². The molecule has 2 aromatic rings. The molecular formula is C12H11ClN4O3. The van der Waals surface area contributed by atoms with Gasteiger partial charge < -0.3 is 10.2 Å². The summed E-state index contributed by atoms with van der Waals surface area (Å²) in [7, 11) is 0. The molecule has 2 rings (SSSR count). The Labute approximate surface area is 119 Å². The molecule has 1 heterocycles. The van der Waals surface area contributed by atoms with Crippen LogP contribution in [0.4, 0.5) is 11.4 Å². The van der Waals surface area contributed by atoms with Gasteiger partial charge in [-0.2, -0.15) is 0 Å². The lowest BCUT2D eigenvalue weighted by molar-refractivity contribution is -0.385. The van der Waals surface area contributed by atoms with E-state index in [-0.39, 0.29) is 23.1 Å². The van der Waals surface area contributed by atoms with E-state index >= 15 is 0 Å². The van der Waals surface area contributed by atoms with E-state index in [1.54, 1.807) is 18.3 Å². The fraction of sp³-hybridized carbons (Fsp3) is 0.0833. The third-order valence-corrected chi connectivity index (χ3v) is 2.71. The van der Waals surface area contributed by atoms with E-state index in [2.05, 4.69) is 10.4 Å². The fourth-order valence-corrected chi connectivity index (χ4v) is 1.72. The number of nitrogens with one attached hydrogen (secondary N) is 1. The predicted molar refractivity (Wildman–Crippen MR) is 74.5 cm³/mol. The van der Waals surface area contributed by atoms with E-state index in [9.17, 15) is 10.1 Å². The van der Waals surface area contributed by atoms with Gasteiger partial charge in [0.25, 0.3) is 0 Å². The predicted octanol–water partition coefficient (Wildman–Crippen LogP) is 2.51. The van der Waals surface area contributed by atoms with Crippen LogP contribution in [0.1, 0.15) is 5.69 Å². The smallest absolute Gasteiger partial charge is 0.312 e. The number of benzene rings is 1. The molecule has 1 aromatic heterocycles. The third kappa shape index (κ3) is 3.34. The van der Waals surface area contributed by atoms with Gasteiger partial charge in [0.1, 0.15) is 6.61 Å². The molecule has 0 aliphatic heterocycles. The van der Waals surface area contributed by atoms with Gasteiger partial charge in [-0.05, 0) is 24.3 Å². The van der Waals surface area contributed by atoms with Crippen molar-refractivity contribution in [1.29, 1.82) is 0 Å². The van der Waals surface area contributed by atoms with Crippen LogP contribution >= 0.6 is 11.6 Å². The standard InChI is InChI=1S/C12H11ClN4O3/c13-8-1-2-12(11(5-8)17(18)19)20-7-10-6-9(16-14)3-4-15-10/h1-6H,7,14H2,(H,15,16). The Balaban J connectivity index is 2.16. The first-order valence-electron chi connectivity index (χ1n) is 5.58. The molecule has 8 heteroatoms. The highest BCUT2D eigenvalue weighted by molar-refractivity contribution is 6.30. The van der Waals surface area contributed by atoms with Crippen molar-refractivity contribution in [3.05, 3.63) is 57.4 Å². The van der Waals surface area contributed by atoms with Crippen molar-refractivity contribution in [2.45, 2.75) is 6.61 Å². The van der Waals surface area contributed by atoms with Gasteiger partial charge in [0, 0.05) is 17.3 Å². The Morgan fingerprint density at radius 1 is 1.40 bits per heavy atom. The van der Waals surface area contributed by atoms with Crippen LogP contribution in [0.2, 0.25) is 5.02 Å². The first-order chi connectivity index (χ1) is 9.60. The normalized spacial score (nSPS) is 10.1. The number of nitrogen functional groups attached to an aromatic ring is 1. The highest BCUT2D eigenvalue weighted by Gasteiger charge is 2.15. The number of nitro benzene ring substituents is 1. The quantitative estimate of drug-likeness (QED) is 0.499. The Morgan fingerprint density at radius 3 is 2.90 bits per heavy atom. The number of hydrazine groups is 1. The molecule has 104 valence electrons. The van der Waals surface area contributed by atoms with E-state index in [0.29, 0.717) is 11.4 Å². The maximum absolute atomic E-state index is 10.9. The number of nitro groups is 1. The Morgan fingerprint density at radius 2 is 2.20 bits per heavy atom. The summed E-state index contributed by atoms with van der Waals surface area (Å²) in [5.41, 5.74) is 3.55. The molecule has 20 heavy (non-hydrogen) atoms. The average molecular weight is 295 g/mol. The maximum Gasteiger partial charge on any atom is 0.312 e. The van der Waals surface area contributed by atoms with Crippen LogP contribution in [0.25, 0.3) is 0 Å². The van der Waals surface area contributed by atoms with E-state index in [1.807, 2.05) is 0 Å². The van der Waals surface area contributed by atoms with Crippen molar-refractivity contribution in [3.8, 4) is 5.75 Å². The summed E-state index contributed by atoms with van der Waals surface area (Å²) in [6.45, 7) is 0.0813. The van der Waals surface area contributed by atoms with Crippen molar-refractivity contribution in [2.24, 2.45) is 5.84 Å². The number of hydrogen-bond donors (Lipinski definition) is 2. The van der Waals surface area contributed by atoms with E-state index in [0.717, 1.165) is 0 Å². The van der Waals surface area contributed by atoms with Crippen LogP contribution in [0.3, 0.4) is 0 Å². The lowest BCUT2D eigenvalue weighted by atomic mass is 10.3. The third-order valence-electron chi connectivity index (χ3n) is 2.48. The number of rotatable bonds is 5. The molecule has 0 radical (unpaired) electrons. The Hall–Kier alpha value is -2.38. The van der Waals surface area contributed by atoms with E-state index < -0.39 is 4.92 Å². The van der Waals surface area contributed by atoms with Crippen LogP contribution in [0.15, 0.2) is 36.5 Å². The van der Waals surface area contributed by atoms with Gasteiger partial charge in [-0.1, -0.05) is 11.6 Å². The first-order valence-corrected chi connectivity index (χ1v) is 5.96. The van der Waals surface area contributed by atoms with Crippen molar-refractivity contribution < 1.29 is 9.66 Å². The van der Waals surface area contributed by atoms with Gasteiger partial charge in [0.05, 0.1) is 16.3 Å². The largest absolute Gasteiger partial charge is 0.480 e. The number of pyridine rings is 1. The molecule has 0 amide bonds. The zero-order valence-electron chi connectivity index (χ0n) is 10.2. The molecule has 0 bridgehead atoms. The first kappa shape index (κ1) is 14.0. The molecule has 0 aliphatic rings. The number of nitrogens with two attached hydrogens (primary N) is 1. The van der Waals surface area contributed by atoms with Gasteiger partial charge in [0.2, 0.25) is 0 Å². The minimum absolute atomic E-state index is 0.0813. The molecule has 3 N–H and O–H groups in total. The van der Waals surface area contributed by atoms with Crippen molar-refractivity contribution >= 4 is 23.0 Å². The van der Waals surface area contributed by atoms with Crippen LogP contribution in [-0.2, 0) is 6.61 Å². The minimum atomic E-state index is -0.549. The van der Waals surface area contributed by atoms with Crippen LogP contribution in [0, 0.1) is 10.1 Å². The van der Waals surface area contributed by atoms with Crippen molar-refractivity contribution in [2.75, 3.05) is 5.43 Å². The monoisotopic (exact) mass is 294 g/mol. The topological polar surface area (TPSA) is 103 Å². The van der Waals surface area contributed by atoms with Crippen LogP contribution < -0.4 is 16.0 Å². The van der Waals surface area contributed by atoms with Crippen LogP contribution in [-0.4, -0.2) is 9.91 Å². The SMILES string of the molecule is NNc1ccnc(COc2ccc(Cl)cc2[N+](=O)[O-])c1. The summed E-state index contributed by atoms with van der Waals surface area (Å²) in [6, 6.07) is 7.58. The highest BCUT2D eigenvalue weighted by Crippen LogP contribution is 2.30. The highest BCUT2D eigenvalue weighted by atomic mass is 35.5. The zero-order valence-corrected chi connectivity index (χ0v) is 11.0. The molecule has 7 nitrogen and oxygen atoms in total. The number of ether oxygens (including phenoxy) is 1. The molecule has 0 unspecified atom stereocenters. The summed E-state index contributed by atoms with van der Waals surface area (Å²) in [5, 5.41) is 11.2. The molecule has 0 spiro atoms. The summed E-state index contributed by atoms with van der Waals surface area (Å²) in [6.07, 6.45) is 1.56. The maximum atomic E-state index is 10.9. The van der Waals surface area contributed by atoms with E-state index in [1.165, 1.54) is 18.2 Å². The summed E-state index contributed by atoms with van der Waals surface area (Å²) >= 11 is 5.72. The van der Waals surface area contributed by atoms with Crippen molar-refractivity contribution in [3.63, 3.8) is 0 Å². The molecule has 0 fully saturated rings. The number of halogens is 1. The fourth-order valence-electron chi connectivity index (χ4n) is 1.55. The second-order valence-corrected chi connectivity index (χ2v) is 4.27. The summed E-state index contributed by atoms with van der Waals surface area (Å²) < 4.78 is 5.41. The average Bonchev–Trinajstić information content (AvgIpc) is 2.46. The van der Waals surface area contributed by atoms with Gasteiger partial charge in [0.15, 0.2) is 5.75 Å². The lowest BCUT2D eigenvalue weighted by Gasteiger charge is -2.07. The zero-order chi connectivity index (χ0) is 14.5. The number of nitrogens with zero attached hydrogens (tertiary/aromatic N) is 2. The van der Waals surface area contributed by atoms with Gasteiger partial charge in [-0.15, -0.1) is 0 Å². The molecular weight excluding hydrogens is 284 g/mol. The molecule has 0 saturated heterocycles. The summed E-state index contributed by atoms with van der Waals surface area (Å²) in [5.74, 6) is 5.42. The summed E-state index contributed by atoms with van der Waals surface area (Å²) in [4.78, 5) is 14.4. The van der Waals surface area contributed by atoms with Crippen LogP contribution in [0.5, 0.6) is 5.75 Å². The number of anilines is 1. The van der Waals surface area contributed by atoms with Gasteiger partial charge in [-0.3, -0.25) is 20.9 Å². The minimum Gasteiger partial charge on any atom is -0.480 e. The Kier molecular flexibility index (Phi) is 4.34. The number of aromatic nitrogens is 1. The Bertz CT molecular complexity index is 636. The second kappa shape index (κ2) is 6.18. The molecule has 0 aliphatic carbocycles.